The summed E-state index contributed by atoms with van der Waals surface area (Å²) >= 11 is 1.62. The standard InChI is InChI=1S/C17H13N3OS/c21-17-15-11-14(16-7-4-10-22-16)18-20(15)9-8-19(17)12-13-5-2-1-3-6-13/h1-11H,12H2. The number of rotatable bonds is 3. The molecule has 108 valence electrons. The lowest BCUT2D eigenvalue weighted by atomic mass is 10.2. The Balaban J connectivity index is 1.79. The van der Waals surface area contributed by atoms with Crippen LogP contribution >= 0.6 is 11.3 Å². The third-order valence-electron chi connectivity index (χ3n) is 3.57. The minimum Gasteiger partial charge on any atom is -0.308 e. The van der Waals surface area contributed by atoms with Crippen molar-refractivity contribution in [2.45, 2.75) is 6.54 Å². The molecule has 0 aliphatic carbocycles. The van der Waals surface area contributed by atoms with Crippen LogP contribution in [0.5, 0.6) is 0 Å². The van der Waals surface area contributed by atoms with Gasteiger partial charge in [-0.2, -0.15) is 5.10 Å². The van der Waals surface area contributed by atoms with Gasteiger partial charge in [0.15, 0.2) is 0 Å². The van der Waals surface area contributed by atoms with E-state index < -0.39 is 0 Å². The third-order valence-corrected chi connectivity index (χ3v) is 4.47. The molecule has 22 heavy (non-hydrogen) atoms. The lowest BCUT2D eigenvalue weighted by molar-refractivity contribution is 0.743. The number of fused-ring (bicyclic) bond motifs is 1. The summed E-state index contributed by atoms with van der Waals surface area (Å²) in [4.78, 5) is 13.7. The molecule has 0 aliphatic heterocycles. The molecule has 0 unspecified atom stereocenters. The molecule has 0 radical (unpaired) electrons. The van der Waals surface area contributed by atoms with Crippen LogP contribution in [0, 0.1) is 0 Å². The minimum atomic E-state index is -0.0262. The Morgan fingerprint density at radius 1 is 1.05 bits per heavy atom. The van der Waals surface area contributed by atoms with Crippen molar-refractivity contribution in [1.29, 1.82) is 0 Å². The Morgan fingerprint density at radius 2 is 1.91 bits per heavy atom. The van der Waals surface area contributed by atoms with Crippen molar-refractivity contribution in [3.05, 3.63) is 82.2 Å². The van der Waals surface area contributed by atoms with Gasteiger partial charge in [0.05, 0.1) is 11.4 Å². The maximum atomic E-state index is 12.6. The first-order valence-electron chi connectivity index (χ1n) is 6.98. The van der Waals surface area contributed by atoms with Crippen LogP contribution in [0.15, 0.2) is 71.1 Å². The van der Waals surface area contributed by atoms with E-state index in [1.54, 1.807) is 26.6 Å². The van der Waals surface area contributed by atoms with Crippen molar-refractivity contribution in [2.24, 2.45) is 0 Å². The first kappa shape index (κ1) is 13.0. The highest BCUT2D eigenvalue weighted by Gasteiger charge is 2.09. The Kier molecular flexibility index (Phi) is 3.12. The van der Waals surface area contributed by atoms with Gasteiger partial charge in [-0.05, 0) is 23.1 Å². The predicted molar refractivity (Wildman–Crippen MR) is 88.3 cm³/mol. The molecule has 5 heteroatoms. The number of hydrogen-bond donors (Lipinski definition) is 0. The molecule has 0 fully saturated rings. The fourth-order valence-electron chi connectivity index (χ4n) is 2.48. The number of thiophene rings is 1. The van der Waals surface area contributed by atoms with E-state index in [-0.39, 0.29) is 5.56 Å². The molecule has 0 spiro atoms. The number of nitrogens with zero attached hydrogens (tertiary/aromatic N) is 3. The van der Waals surface area contributed by atoms with Crippen molar-refractivity contribution in [3.8, 4) is 10.6 Å². The Labute approximate surface area is 130 Å². The molecule has 1 aromatic carbocycles. The Bertz CT molecular complexity index is 968. The van der Waals surface area contributed by atoms with Gasteiger partial charge < -0.3 is 4.57 Å². The van der Waals surface area contributed by atoms with Crippen molar-refractivity contribution in [1.82, 2.24) is 14.2 Å². The monoisotopic (exact) mass is 307 g/mol. The van der Waals surface area contributed by atoms with E-state index in [1.165, 1.54) is 0 Å². The summed E-state index contributed by atoms with van der Waals surface area (Å²) in [5, 5.41) is 6.48. The van der Waals surface area contributed by atoms with Crippen molar-refractivity contribution in [2.75, 3.05) is 0 Å². The smallest absolute Gasteiger partial charge is 0.276 e. The summed E-state index contributed by atoms with van der Waals surface area (Å²) in [6, 6.07) is 15.8. The molecule has 0 bridgehead atoms. The molecule has 4 aromatic rings. The Morgan fingerprint density at radius 3 is 2.68 bits per heavy atom. The van der Waals surface area contributed by atoms with Crippen LogP contribution in [0.25, 0.3) is 16.1 Å². The molecular formula is C17H13N3OS. The maximum Gasteiger partial charge on any atom is 0.276 e. The van der Waals surface area contributed by atoms with Gasteiger partial charge in [0.25, 0.3) is 5.56 Å². The van der Waals surface area contributed by atoms with Crippen molar-refractivity contribution in [3.63, 3.8) is 0 Å². The van der Waals surface area contributed by atoms with E-state index in [2.05, 4.69) is 5.10 Å². The molecule has 0 saturated heterocycles. The van der Waals surface area contributed by atoms with Crippen LogP contribution in [-0.4, -0.2) is 14.2 Å². The first-order chi connectivity index (χ1) is 10.8. The highest BCUT2D eigenvalue weighted by atomic mass is 32.1. The molecule has 4 nitrogen and oxygen atoms in total. The van der Waals surface area contributed by atoms with Crippen molar-refractivity contribution >= 4 is 16.9 Å². The summed E-state index contributed by atoms with van der Waals surface area (Å²) in [5.41, 5.74) is 2.51. The quantitative estimate of drug-likeness (QED) is 0.583. The summed E-state index contributed by atoms with van der Waals surface area (Å²) in [5.74, 6) is 0. The van der Waals surface area contributed by atoms with E-state index in [9.17, 15) is 4.79 Å². The van der Waals surface area contributed by atoms with E-state index in [0.29, 0.717) is 12.1 Å². The van der Waals surface area contributed by atoms with E-state index >= 15 is 0 Å². The zero-order chi connectivity index (χ0) is 14.9. The lowest BCUT2D eigenvalue weighted by Gasteiger charge is -2.05. The fourth-order valence-corrected chi connectivity index (χ4v) is 3.16. The molecule has 0 saturated carbocycles. The third kappa shape index (κ3) is 2.25. The van der Waals surface area contributed by atoms with Crippen LogP contribution in [0.2, 0.25) is 0 Å². The SMILES string of the molecule is O=c1c2cc(-c3cccs3)nn2ccn1Cc1ccccc1. The van der Waals surface area contributed by atoms with E-state index in [0.717, 1.165) is 16.1 Å². The summed E-state index contributed by atoms with van der Waals surface area (Å²) in [6.07, 6.45) is 3.62. The molecule has 0 amide bonds. The largest absolute Gasteiger partial charge is 0.308 e. The average molecular weight is 307 g/mol. The number of hydrogen-bond acceptors (Lipinski definition) is 3. The Hall–Kier alpha value is -2.66. The van der Waals surface area contributed by atoms with Crippen LogP contribution < -0.4 is 5.56 Å². The highest BCUT2D eigenvalue weighted by molar-refractivity contribution is 7.13. The van der Waals surface area contributed by atoms with Gasteiger partial charge in [0.1, 0.15) is 11.2 Å². The van der Waals surface area contributed by atoms with Gasteiger partial charge in [-0.15, -0.1) is 11.3 Å². The summed E-state index contributed by atoms with van der Waals surface area (Å²) in [6.45, 7) is 0.565. The van der Waals surface area contributed by atoms with Crippen LogP contribution in [0.1, 0.15) is 5.56 Å². The number of aromatic nitrogens is 3. The van der Waals surface area contributed by atoms with Gasteiger partial charge in [-0.25, -0.2) is 4.52 Å². The molecular weight excluding hydrogens is 294 g/mol. The summed E-state index contributed by atoms with van der Waals surface area (Å²) in [7, 11) is 0. The molecule has 0 aliphatic rings. The van der Waals surface area contributed by atoms with Gasteiger partial charge in [0.2, 0.25) is 0 Å². The van der Waals surface area contributed by atoms with E-state index in [1.807, 2.05) is 60.1 Å². The highest BCUT2D eigenvalue weighted by Crippen LogP contribution is 2.23. The zero-order valence-corrected chi connectivity index (χ0v) is 12.5. The topological polar surface area (TPSA) is 39.3 Å². The van der Waals surface area contributed by atoms with Gasteiger partial charge in [-0.1, -0.05) is 36.4 Å². The van der Waals surface area contributed by atoms with Crippen molar-refractivity contribution < 1.29 is 0 Å². The van der Waals surface area contributed by atoms with Gasteiger partial charge in [-0.3, -0.25) is 4.79 Å². The average Bonchev–Trinajstić information content (AvgIpc) is 3.20. The van der Waals surface area contributed by atoms with Crippen LogP contribution in [-0.2, 0) is 6.54 Å². The predicted octanol–water partition coefficient (Wildman–Crippen LogP) is 3.27. The lowest BCUT2D eigenvalue weighted by Crippen LogP contribution is -2.21. The maximum absolute atomic E-state index is 12.6. The normalized spacial score (nSPS) is 11.1. The minimum absolute atomic E-state index is 0.0262. The van der Waals surface area contributed by atoms with Crippen LogP contribution in [0.4, 0.5) is 0 Å². The molecule has 4 rings (SSSR count). The second-order valence-corrected chi connectivity index (χ2v) is 6.00. The second-order valence-electron chi connectivity index (χ2n) is 5.05. The first-order valence-corrected chi connectivity index (χ1v) is 7.86. The fraction of sp³-hybridized carbons (Fsp3) is 0.0588. The molecule has 0 N–H and O–H groups in total. The molecule has 3 heterocycles. The van der Waals surface area contributed by atoms with E-state index in [4.69, 9.17) is 0 Å². The van der Waals surface area contributed by atoms with Gasteiger partial charge >= 0.3 is 0 Å². The van der Waals surface area contributed by atoms with Crippen LogP contribution in [0.3, 0.4) is 0 Å². The van der Waals surface area contributed by atoms with Gasteiger partial charge in [0, 0.05) is 12.4 Å². The molecule has 3 aromatic heterocycles. The number of benzene rings is 1. The second kappa shape index (κ2) is 5.27. The zero-order valence-electron chi connectivity index (χ0n) is 11.7. The summed E-state index contributed by atoms with van der Waals surface area (Å²) < 4.78 is 3.36. The molecule has 0 atom stereocenters.